The van der Waals surface area contributed by atoms with Gasteiger partial charge in [0.15, 0.2) is 0 Å². The molecule has 1 aromatic carbocycles. The van der Waals surface area contributed by atoms with Gasteiger partial charge in [-0.3, -0.25) is 4.90 Å². The van der Waals surface area contributed by atoms with Gasteiger partial charge in [-0.2, -0.15) is 18.3 Å². The standard InChI is InChI=1S/C18H21F3N4/c19-18(20,21)13-4-6-14(7-5-13)25-17-15(8-9-22-17)16(23-25)12-24-10-2-1-3-11-24/h4-7,22H,1-3,8-12H2. The van der Waals surface area contributed by atoms with Crippen LogP contribution in [-0.2, 0) is 19.1 Å². The van der Waals surface area contributed by atoms with E-state index in [9.17, 15) is 13.2 Å². The number of aromatic nitrogens is 2. The zero-order valence-electron chi connectivity index (χ0n) is 13.9. The molecule has 2 aliphatic heterocycles. The molecule has 2 aromatic rings. The molecule has 0 amide bonds. The van der Waals surface area contributed by atoms with Crippen LogP contribution in [0.25, 0.3) is 5.69 Å². The van der Waals surface area contributed by atoms with Gasteiger partial charge in [-0.15, -0.1) is 0 Å². The normalized spacial score (nSPS) is 18.2. The summed E-state index contributed by atoms with van der Waals surface area (Å²) in [5.74, 6) is 0.923. The number of rotatable bonds is 3. The SMILES string of the molecule is FC(F)(F)c1ccc(-n2nc(CN3CCCCC3)c3c2NCC3)cc1. The number of likely N-dealkylation sites (tertiary alicyclic amines) is 1. The molecule has 134 valence electrons. The molecule has 4 rings (SSSR count). The van der Waals surface area contributed by atoms with Crippen LogP contribution in [0, 0.1) is 0 Å². The molecule has 0 bridgehead atoms. The van der Waals surface area contributed by atoms with E-state index < -0.39 is 11.7 Å². The number of alkyl halides is 3. The highest BCUT2D eigenvalue weighted by molar-refractivity contribution is 5.57. The van der Waals surface area contributed by atoms with Gasteiger partial charge < -0.3 is 5.32 Å². The molecule has 1 aromatic heterocycles. The topological polar surface area (TPSA) is 33.1 Å². The highest BCUT2D eigenvalue weighted by atomic mass is 19.4. The molecule has 0 atom stereocenters. The Balaban J connectivity index is 1.63. The van der Waals surface area contributed by atoms with Gasteiger partial charge in [-0.05, 0) is 56.6 Å². The first-order chi connectivity index (χ1) is 12.0. The van der Waals surface area contributed by atoms with E-state index >= 15 is 0 Å². The number of fused-ring (bicyclic) bond motifs is 1. The fourth-order valence-electron chi connectivity index (χ4n) is 3.68. The van der Waals surface area contributed by atoms with Crippen molar-refractivity contribution in [2.45, 2.75) is 38.4 Å². The van der Waals surface area contributed by atoms with Crippen LogP contribution >= 0.6 is 0 Å². The fraction of sp³-hybridized carbons (Fsp3) is 0.500. The Hall–Kier alpha value is -2.02. The van der Waals surface area contributed by atoms with Gasteiger partial charge >= 0.3 is 6.18 Å². The molecular formula is C18H21F3N4. The quantitative estimate of drug-likeness (QED) is 0.913. The Labute approximate surface area is 144 Å². The van der Waals surface area contributed by atoms with Crippen LogP contribution in [-0.4, -0.2) is 34.3 Å². The maximum Gasteiger partial charge on any atom is 0.416 e. The van der Waals surface area contributed by atoms with E-state index in [1.54, 1.807) is 4.68 Å². The minimum Gasteiger partial charge on any atom is -0.369 e. The Morgan fingerprint density at radius 2 is 1.76 bits per heavy atom. The molecule has 1 fully saturated rings. The smallest absolute Gasteiger partial charge is 0.369 e. The second-order valence-electron chi connectivity index (χ2n) is 6.74. The Morgan fingerprint density at radius 3 is 2.44 bits per heavy atom. The van der Waals surface area contributed by atoms with E-state index in [2.05, 4.69) is 10.2 Å². The summed E-state index contributed by atoms with van der Waals surface area (Å²) in [5, 5.41) is 8.05. The van der Waals surface area contributed by atoms with E-state index in [-0.39, 0.29) is 0 Å². The second kappa shape index (κ2) is 6.37. The largest absolute Gasteiger partial charge is 0.416 e. The van der Waals surface area contributed by atoms with Crippen molar-refractivity contribution in [2.24, 2.45) is 0 Å². The van der Waals surface area contributed by atoms with Gasteiger partial charge in [0.2, 0.25) is 0 Å². The van der Waals surface area contributed by atoms with Gasteiger partial charge in [0.1, 0.15) is 5.82 Å². The number of piperidine rings is 1. The summed E-state index contributed by atoms with van der Waals surface area (Å²) in [6, 6.07) is 5.20. The molecule has 0 radical (unpaired) electrons. The van der Waals surface area contributed by atoms with Crippen molar-refractivity contribution in [3.63, 3.8) is 0 Å². The molecule has 3 heterocycles. The summed E-state index contributed by atoms with van der Waals surface area (Å²) in [7, 11) is 0. The average Bonchev–Trinajstić information content (AvgIpc) is 3.19. The van der Waals surface area contributed by atoms with Crippen LogP contribution < -0.4 is 5.32 Å². The molecule has 25 heavy (non-hydrogen) atoms. The number of nitrogens with zero attached hydrogens (tertiary/aromatic N) is 3. The van der Waals surface area contributed by atoms with Crippen LogP contribution in [0.5, 0.6) is 0 Å². The van der Waals surface area contributed by atoms with Crippen molar-refractivity contribution < 1.29 is 13.2 Å². The monoisotopic (exact) mass is 350 g/mol. The lowest BCUT2D eigenvalue weighted by Crippen LogP contribution is -2.29. The first-order valence-corrected chi connectivity index (χ1v) is 8.77. The van der Waals surface area contributed by atoms with Crippen molar-refractivity contribution in [2.75, 3.05) is 25.0 Å². The van der Waals surface area contributed by atoms with Crippen LogP contribution in [0.4, 0.5) is 19.0 Å². The number of benzene rings is 1. The zero-order valence-corrected chi connectivity index (χ0v) is 13.9. The second-order valence-corrected chi connectivity index (χ2v) is 6.74. The predicted octanol–water partition coefficient (Wildman–Crippen LogP) is 3.85. The highest BCUT2D eigenvalue weighted by Crippen LogP contribution is 2.32. The number of halogens is 3. The van der Waals surface area contributed by atoms with E-state index in [0.717, 1.165) is 56.2 Å². The number of hydrogen-bond acceptors (Lipinski definition) is 3. The van der Waals surface area contributed by atoms with Crippen molar-refractivity contribution in [1.82, 2.24) is 14.7 Å². The minimum absolute atomic E-state index is 0.637. The van der Waals surface area contributed by atoms with Crippen molar-refractivity contribution in [3.8, 4) is 5.69 Å². The van der Waals surface area contributed by atoms with Gasteiger partial charge in [-0.1, -0.05) is 6.42 Å². The zero-order chi connectivity index (χ0) is 17.4. The molecule has 1 saturated heterocycles. The Bertz CT molecular complexity index is 743. The molecular weight excluding hydrogens is 329 g/mol. The van der Waals surface area contributed by atoms with Gasteiger partial charge in [-0.25, -0.2) is 4.68 Å². The summed E-state index contributed by atoms with van der Waals surface area (Å²) < 4.78 is 40.0. The van der Waals surface area contributed by atoms with E-state index in [1.807, 2.05) is 0 Å². The van der Waals surface area contributed by atoms with Crippen LogP contribution in [0.1, 0.15) is 36.1 Å². The molecule has 2 aliphatic rings. The van der Waals surface area contributed by atoms with Crippen molar-refractivity contribution in [3.05, 3.63) is 41.1 Å². The predicted molar refractivity (Wildman–Crippen MR) is 89.9 cm³/mol. The molecule has 7 heteroatoms. The lowest BCUT2D eigenvalue weighted by molar-refractivity contribution is -0.137. The van der Waals surface area contributed by atoms with Gasteiger partial charge in [0.05, 0.1) is 16.9 Å². The maximum atomic E-state index is 12.8. The number of nitrogens with one attached hydrogen (secondary N) is 1. The summed E-state index contributed by atoms with van der Waals surface area (Å²) in [5.41, 5.74) is 2.26. The van der Waals surface area contributed by atoms with Gasteiger partial charge in [0.25, 0.3) is 0 Å². The third-order valence-corrected chi connectivity index (χ3v) is 5.00. The van der Waals surface area contributed by atoms with E-state index in [1.165, 1.54) is 37.0 Å². The highest BCUT2D eigenvalue weighted by Gasteiger charge is 2.30. The van der Waals surface area contributed by atoms with Crippen molar-refractivity contribution >= 4 is 5.82 Å². The fourth-order valence-corrected chi connectivity index (χ4v) is 3.68. The van der Waals surface area contributed by atoms with Crippen LogP contribution in [0.2, 0.25) is 0 Å². The molecule has 0 spiro atoms. The third-order valence-electron chi connectivity index (χ3n) is 5.00. The number of hydrogen-bond donors (Lipinski definition) is 1. The lowest BCUT2D eigenvalue weighted by Gasteiger charge is -2.25. The summed E-state index contributed by atoms with van der Waals surface area (Å²) in [6.07, 6.45) is 0.331. The van der Waals surface area contributed by atoms with Crippen molar-refractivity contribution in [1.29, 1.82) is 0 Å². The summed E-state index contributed by atoms with van der Waals surface area (Å²) >= 11 is 0. The van der Waals surface area contributed by atoms with E-state index in [0.29, 0.717) is 5.69 Å². The van der Waals surface area contributed by atoms with Gasteiger partial charge in [0, 0.05) is 18.7 Å². The Morgan fingerprint density at radius 1 is 1.04 bits per heavy atom. The maximum absolute atomic E-state index is 12.8. The third kappa shape index (κ3) is 3.25. The molecule has 0 aliphatic carbocycles. The molecule has 0 saturated carbocycles. The first kappa shape index (κ1) is 16.4. The Kier molecular flexibility index (Phi) is 4.19. The lowest BCUT2D eigenvalue weighted by atomic mass is 10.1. The average molecular weight is 350 g/mol. The molecule has 4 nitrogen and oxygen atoms in total. The summed E-state index contributed by atoms with van der Waals surface area (Å²) in [4.78, 5) is 2.42. The number of anilines is 1. The van der Waals surface area contributed by atoms with Crippen LogP contribution in [0.3, 0.4) is 0 Å². The molecule has 0 unspecified atom stereocenters. The summed E-state index contributed by atoms with van der Waals surface area (Å²) in [6.45, 7) is 3.85. The first-order valence-electron chi connectivity index (χ1n) is 8.77. The van der Waals surface area contributed by atoms with E-state index in [4.69, 9.17) is 5.10 Å². The molecule has 1 N–H and O–H groups in total. The van der Waals surface area contributed by atoms with Crippen LogP contribution in [0.15, 0.2) is 24.3 Å². The minimum atomic E-state index is -4.32.